The van der Waals surface area contributed by atoms with Gasteiger partial charge in [-0.2, -0.15) is 13.2 Å². The maximum atomic E-state index is 13.1. The summed E-state index contributed by atoms with van der Waals surface area (Å²) in [6, 6.07) is 6.77. The molecule has 3 amide bonds. The highest BCUT2D eigenvalue weighted by molar-refractivity contribution is 6.30. The number of hydrogen-bond acceptors (Lipinski definition) is 4. The lowest BCUT2D eigenvalue weighted by Crippen LogP contribution is -2.44. The van der Waals surface area contributed by atoms with Crippen LogP contribution in [-0.4, -0.2) is 35.2 Å². The molecule has 0 saturated carbocycles. The Morgan fingerprint density at radius 1 is 1.11 bits per heavy atom. The third-order valence-electron chi connectivity index (χ3n) is 4.40. The number of halogens is 3. The Bertz CT molecular complexity index is 914. The van der Waals surface area contributed by atoms with Gasteiger partial charge in [-0.1, -0.05) is 0 Å². The highest BCUT2D eigenvalue weighted by Crippen LogP contribution is 2.37. The summed E-state index contributed by atoms with van der Waals surface area (Å²) >= 11 is 0. The lowest BCUT2D eigenvalue weighted by atomic mass is 10.0. The molecule has 28 heavy (non-hydrogen) atoms. The van der Waals surface area contributed by atoms with Crippen LogP contribution in [-0.2, 0) is 4.79 Å². The van der Waals surface area contributed by atoms with Crippen LogP contribution in [0, 0.1) is 6.92 Å². The average molecular weight is 393 g/mol. The number of nitrogens with zero attached hydrogens (tertiary/aromatic N) is 3. The standard InChI is InChI=1S/C19H18F3N3O3/c1-12-10-14(28-11-19(20,21)22)4-5-15(12)24-16(26)18(2,3)25(17(24)27)13-6-8-23-9-7-13/h4-10H,11H2,1-3H3. The highest BCUT2D eigenvalue weighted by atomic mass is 19.4. The van der Waals surface area contributed by atoms with Gasteiger partial charge in [-0.25, -0.2) is 9.69 Å². The van der Waals surface area contributed by atoms with Gasteiger partial charge in [0.15, 0.2) is 6.61 Å². The minimum absolute atomic E-state index is 0.00270. The molecule has 1 aromatic carbocycles. The lowest BCUT2D eigenvalue weighted by Gasteiger charge is -2.27. The van der Waals surface area contributed by atoms with E-state index in [1.54, 1.807) is 32.9 Å². The molecule has 1 aliphatic heterocycles. The molecule has 0 spiro atoms. The predicted octanol–water partition coefficient (Wildman–Crippen LogP) is 4.08. The summed E-state index contributed by atoms with van der Waals surface area (Å²) in [4.78, 5) is 32.4. The van der Waals surface area contributed by atoms with Gasteiger partial charge in [0.05, 0.1) is 5.69 Å². The van der Waals surface area contributed by atoms with Gasteiger partial charge < -0.3 is 4.74 Å². The molecular weight excluding hydrogens is 375 g/mol. The molecule has 2 aromatic rings. The van der Waals surface area contributed by atoms with E-state index in [1.165, 1.54) is 35.5 Å². The van der Waals surface area contributed by atoms with E-state index in [0.717, 1.165) is 4.90 Å². The van der Waals surface area contributed by atoms with E-state index < -0.39 is 30.3 Å². The first-order chi connectivity index (χ1) is 13.0. The number of carbonyl (C=O) groups is 2. The predicted molar refractivity (Wildman–Crippen MR) is 96.4 cm³/mol. The van der Waals surface area contributed by atoms with Gasteiger partial charge in [-0.3, -0.25) is 14.7 Å². The Hall–Kier alpha value is -3.10. The van der Waals surface area contributed by atoms with Gasteiger partial charge in [0.1, 0.15) is 11.3 Å². The molecule has 1 fully saturated rings. The SMILES string of the molecule is Cc1cc(OCC(F)(F)F)ccc1N1C(=O)N(c2ccncc2)C(C)(C)C1=O. The Labute approximate surface area is 159 Å². The molecule has 3 rings (SSSR count). The number of urea groups is 1. The van der Waals surface area contributed by atoms with Crippen LogP contribution >= 0.6 is 0 Å². The number of benzene rings is 1. The summed E-state index contributed by atoms with van der Waals surface area (Å²) < 4.78 is 41.7. The van der Waals surface area contributed by atoms with Gasteiger partial charge in [-0.05, 0) is 56.7 Å². The van der Waals surface area contributed by atoms with Crippen molar-refractivity contribution >= 4 is 23.3 Å². The smallest absolute Gasteiger partial charge is 0.422 e. The molecule has 1 aliphatic rings. The summed E-state index contributed by atoms with van der Waals surface area (Å²) in [5.41, 5.74) is 0.104. The zero-order chi connectivity index (χ0) is 20.7. The van der Waals surface area contributed by atoms with E-state index in [9.17, 15) is 22.8 Å². The van der Waals surface area contributed by atoms with Gasteiger partial charge in [0, 0.05) is 18.1 Å². The van der Waals surface area contributed by atoms with E-state index in [4.69, 9.17) is 4.74 Å². The molecule has 0 aliphatic carbocycles. The molecule has 9 heteroatoms. The lowest BCUT2D eigenvalue weighted by molar-refractivity contribution is -0.153. The number of aryl methyl sites for hydroxylation is 1. The van der Waals surface area contributed by atoms with Gasteiger partial charge >= 0.3 is 12.2 Å². The van der Waals surface area contributed by atoms with Crippen LogP contribution in [0.15, 0.2) is 42.7 Å². The first kappa shape index (κ1) is 19.7. The molecule has 148 valence electrons. The first-order valence-corrected chi connectivity index (χ1v) is 8.41. The Morgan fingerprint density at radius 3 is 2.32 bits per heavy atom. The third-order valence-corrected chi connectivity index (χ3v) is 4.40. The number of pyridine rings is 1. The maximum Gasteiger partial charge on any atom is 0.422 e. The zero-order valence-electron chi connectivity index (χ0n) is 15.4. The molecule has 0 bridgehead atoms. The van der Waals surface area contributed by atoms with Gasteiger partial charge in [0.2, 0.25) is 0 Å². The van der Waals surface area contributed by atoms with Crippen molar-refractivity contribution in [2.45, 2.75) is 32.5 Å². The van der Waals surface area contributed by atoms with Crippen molar-refractivity contribution in [3.8, 4) is 5.75 Å². The molecule has 0 N–H and O–H groups in total. The molecule has 0 radical (unpaired) electrons. The number of amides is 3. The number of imide groups is 1. The molecule has 1 aromatic heterocycles. The van der Waals surface area contributed by atoms with Crippen molar-refractivity contribution in [3.63, 3.8) is 0 Å². The van der Waals surface area contributed by atoms with Crippen molar-refractivity contribution in [2.24, 2.45) is 0 Å². The largest absolute Gasteiger partial charge is 0.484 e. The number of carbonyl (C=O) groups excluding carboxylic acids is 2. The third kappa shape index (κ3) is 3.51. The molecule has 0 unspecified atom stereocenters. The second-order valence-corrected chi connectivity index (χ2v) is 6.88. The molecule has 6 nitrogen and oxygen atoms in total. The van der Waals surface area contributed by atoms with Crippen LogP contribution in [0.5, 0.6) is 5.75 Å². The van der Waals surface area contributed by atoms with Crippen LogP contribution in [0.2, 0.25) is 0 Å². The van der Waals surface area contributed by atoms with Gasteiger partial charge in [-0.15, -0.1) is 0 Å². The monoisotopic (exact) mass is 393 g/mol. The van der Waals surface area contributed by atoms with Crippen LogP contribution < -0.4 is 14.5 Å². The van der Waals surface area contributed by atoms with E-state index in [0.29, 0.717) is 16.9 Å². The summed E-state index contributed by atoms with van der Waals surface area (Å²) in [5, 5.41) is 0. The van der Waals surface area contributed by atoms with E-state index >= 15 is 0 Å². The number of alkyl halides is 3. The van der Waals surface area contributed by atoms with E-state index in [-0.39, 0.29) is 5.75 Å². The van der Waals surface area contributed by atoms with Crippen molar-refractivity contribution in [1.29, 1.82) is 0 Å². The number of aromatic nitrogens is 1. The molecule has 0 atom stereocenters. The van der Waals surface area contributed by atoms with Crippen molar-refractivity contribution in [3.05, 3.63) is 48.3 Å². The normalized spacial score (nSPS) is 16.6. The van der Waals surface area contributed by atoms with Crippen LogP contribution in [0.1, 0.15) is 19.4 Å². The fraction of sp³-hybridized carbons (Fsp3) is 0.316. The van der Waals surface area contributed by atoms with Crippen molar-refractivity contribution < 1.29 is 27.5 Å². The number of ether oxygens (including phenoxy) is 1. The summed E-state index contributed by atoms with van der Waals surface area (Å²) in [7, 11) is 0. The summed E-state index contributed by atoms with van der Waals surface area (Å²) in [6.07, 6.45) is -1.42. The Balaban J connectivity index is 1.93. The maximum absolute atomic E-state index is 13.1. The summed E-state index contributed by atoms with van der Waals surface area (Å²) in [5.74, 6) is -0.440. The quantitative estimate of drug-likeness (QED) is 0.735. The number of rotatable bonds is 4. The molecule has 1 saturated heterocycles. The second kappa shape index (κ2) is 6.81. The van der Waals surface area contributed by atoms with Crippen molar-refractivity contribution in [2.75, 3.05) is 16.4 Å². The zero-order valence-corrected chi connectivity index (χ0v) is 15.4. The minimum Gasteiger partial charge on any atom is -0.484 e. The topological polar surface area (TPSA) is 62.7 Å². The number of anilines is 2. The highest BCUT2D eigenvalue weighted by Gasteiger charge is 2.52. The van der Waals surface area contributed by atoms with E-state index in [2.05, 4.69) is 4.98 Å². The van der Waals surface area contributed by atoms with Crippen LogP contribution in [0.4, 0.5) is 29.3 Å². The molecule has 2 heterocycles. The van der Waals surface area contributed by atoms with Gasteiger partial charge in [0.25, 0.3) is 5.91 Å². The van der Waals surface area contributed by atoms with E-state index in [1.807, 2.05) is 0 Å². The fourth-order valence-electron chi connectivity index (χ4n) is 3.07. The minimum atomic E-state index is -4.46. The first-order valence-electron chi connectivity index (χ1n) is 8.41. The van der Waals surface area contributed by atoms with Crippen molar-refractivity contribution in [1.82, 2.24) is 4.98 Å². The van der Waals surface area contributed by atoms with Crippen LogP contribution in [0.25, 0.3) is 0 Å². The fourth-order valence-corrected chi connectivity index (χ4v) is 3.07. The Morgan fingerprint density at radius 2 is 1.75 bits per heavy atom. The number of hydrogen-bond donors (Lipinski definition) is 0. The second-order valence-electron chi connectivity index (χ2n) is 6.88. The summed E-state index contributed by atoms with van der Waals surface area (Å²) in [6.45, 7) is 3.43. The molecular formula is C19H18F3N3O3. The van der Waals surface area contributed by atoms with Crippen LogP contribution in [0.3, 0.4) is 0 Å². The average Bonchev–Trinajstić information content (AvgIpc) is 2.79. The Kier molecular flexibility index (Phi) is 4.78.